The highest BCUT2D eigenvalue weighted by molar-refractivity contribution is 8.14. The van der Waals surface area contributed by atoms with Gasteiger partial charge in [0.15, 0.2) is 0 Å². The van der Waals surface area contributed by atoms with Crippen molar-refractivity contribution in [3.05, 3.63) is 0 Å². The molecule has 0 aliphatic rings. The Kier molecular flexibility index (Phi) is 4.47. The summed E-state index contributed by atoms with van der Waals surface area (Å²) in [7, 11) is 3.02. The first kappa shape index (κ1) is 12.3. The van der Waals surface area contributed by atoms with Gasteiger partial charge in [-0.2, -0.15) is 0 Å². The van der Waals surface area contributed by atoms with Crippen molar-refractivity contribution in [3.8, 4) is 0 Å². The highest BCUT2D eigenvalue weighted by Gasteiger charge is 2.31. The zero-order valence-corrected chi connectivity index (χ0v) is 10.1. The van der Waals surface area contributed by atoms with E-state index < -0.39 is 12.5 Å². The molecular formula is C3H8Cl3NO2P2. The lowest BCUT2D eigenvalue weighted by Gasteiger charge is -2.17. The van der Waals surface area contributed by atoms with Crippen molar-refractivity contribution in [3.63, 3.8) is 0 Å². The summed E-state index contributed by atoms with van der Waals surface area (Å²) in [5, 5.41) is 0. The molecule has 68 valence electrons. The summed E-state index contributed by atoms with van der Waals surface area (Å²) in [6, 6.07) is 0. The van der Waals surface area contributed by atoms with E-state index >= 15 is 0 Å². The molecule has 0 saturated carbocycles. The van der Waals surface area contributed by atoms with Crippen LogP contribution in [0.4, 0.5) is 0 Å². The minimum atomic E-state index is -3.33. The summed E-state index contributed by atoms with van der Waals surface area (Å²) in [6.07, 6.45) is 0. The van der Waals surface area contributed by atoms with Crippen LogP contribution >= 0.6 is 46.2 Å². The molecule has 0 aliphatic carbocycles. The molecule has 1 unspecified atom stereocenters. The first-order valence-corrected chi connectivity index (χ1v) is 9.05. The molecule has 0 aromatic carbocycles. The van der Waals surface area contributed by atoms with Gasteiger partial charge in [0.25, 0.3) is 5.85 Å². The van der Waals surface area contributed by atoms with Gasteiger partial charge >= 0.3 is 0 Å². The third-order valence-corrected chi connectivity index (χ3v) is 8.64. The molecule has 0 N–H and O–H groups in total. The van der Waals surface area contributed by atoms with Crippen LogP contribution in [0.25, 0.3) is 0 Å². The summed E-state index contributed by atoms with van der Waals surface area (Å²) in [5.41, 5.74) is 0. The third-order valence-electron chi connectivity index (χ3n) is 0.936. The molecule has 0 spiro atoms. The fraction of sp³-hybridized carbons (Fsp3) is 1.00. The Morgan fingerprint density at radius 2 is 1.55 bits per heavy atom. The lowest BCUT2D eigenvalue weighted by molar-refractivity contribution is 0.532. The van der Waals surface area contributed by atoms with Crippen LogP contribution < -0.4 is 0 Å². The van der Waals surface area contributed by atoms with Crippen molar-refractivity contribution in [2.24, 2.45) is 0 Å². The molecule has 0 saturated heterocycles. The second-order valence-corrected chi connectivity index (χ2v) is 11.9. The Bertz CT molecular complexity index is 225. The number of rotatable bonds is 3. The molecule has 0 bridgehead atoms. The fourth-order valence-electron chi connectivity index (χ4n) is 0.330. The molecule has 8 heteroatoms. The van der Waals surface area contributed by atoms with Crippen molar-refractivity contribution in [2.75, 3.05) is 20.0 Å². The zero-order valence-electron chi connectivity index (χ0n) is 6.00. The number of nitrogens with zero attached hydrogens (tertiary/aromatic N) is 1. The Morgan fingerprint density at radius 3 is 1.64 bits per heavy atom. The quantitative estimate of drug-likeness (QED) is 0.726. The number of hydrogen-bond acceptors (Lipinski definition) is 2. The molecule has 0 rings (SSSR count). The second kappa shape index (κ2) is 4.00. The van der Waals surface area contributed by atoms with E-state index in [4.69, 9.17) is 33.7 Å². The van der Waals surface area contributed by atoms with Crippen molar-refractivity contribution in [2.45, 2.75) is 0 Å². The zero-order chi connectivity index (χ0) is 9.28. The lowest BCUT2D eigenvalue weighted by Crippen LogP contribution is -2.05. The van der Waals surface area contributed by atoms with E-state index in [2.05, 4.69) is 0 Å². The van der Waals surface area contributed by atoms with Crippen molar-refractivity contribution < 1.29 is 9.13 Å². The molecule has 0 radical (unpaired) electrons. The predicted molar refractivity (Wildman–Crippen MR) is 51.3 cm³/mol. The van der Waals surface area contributed by atoms with Crippen molar-refractivity contribution in [1.82, 2.24) is 4.67 Å². The van der Waals surface area contributed by atoms with Gasteiger partial charge in [-0.1, -0.05) is 0 Å². The van der Waals surface area contributed by atoms with Crippen LogP contribution in [0.5, 0.6) is 0 Å². The van der Waals surface area contributed by atoms with Crippen molar-refractivity contribution >= 4 is 46.2 Å². The van der Waals surface area contributed by atoms with E-state index in [-0.39, 0.29) is 5.90 Å². The van der Waals surface area contributed by atoms with Crippen LogP contribution in [-0.2, 0) is 9.13 Å². The SMILES string of the molecule is CN(C)P(=O)(Cl)CP(=O)(Cl)Cl. The van der Waals surface area contributed by atoms with E-state index in [9.17, 15) is 9.13 Å². The molecule has 0 fully saturated rings. The maximum atomic E-state index is 11.3. The first-order valence-electron chi connectivity index (χ1n) is 2.60. The summed E-state index contributed by atoms with van der Waals surface area (Å²) < 4.78 is 23.3. The number of hydrogen-bond donors (Lipinski definition) is 0. The molecular weight excluding hydrogens is 250 g/mol. The maximum Gasteiger partial charge on any atom is 0.262 e. The molecule has 0 aliphatic heterocycles. The van der Waals surface area contributed by atoms with Gasteiger partial charge in [-0.25, -0.2) is 4.67 Å². The largest absolute Gasteiger partial charge is 0.289 e. The van der Waals surface area contributed by atoms with Crippen LogP contribution in [0.2, 0.25) is 0 Å². The van der Waals surface area contributed by atoms with Gasteiger partial charge in [0.1, 0.15) is 5.90 Å². The van der Waals surface area contributed by atoms with Gasteiger partial charge in [0.2, 0.25) is 6.65 Å². The molecule has 11 heavy (non-hydrogen) atoms. The molecule has 1 atom stereocenters. The van der Waals surface area contributed by atoms with E-state index in [1.807, 2.05) is 0 Å². The standard InChI is InChI=1S/C3H8Cl3NO2P2/c1-7(2)11(6,9)3-10(4,5)8/h3H2,1-2H3. The topological polar surface area (TPSA) is 37.4 Å². The third kappa shape index (κ3) is 5.52. The highest BCUT2D eigenvalue weighted by Crippen LogP contribution is 2.70. The van der Waals surface area contributed by atoms with E-state index in [0.29, 0.717) is 0 Å². The normalized spacial score (nSPS) is 18.4. The molecule has 0 amide bonds. The fourth-order valence-corrected chi connectivity index (χ4v) is 7.91. The average Bonchev–Trinajstić information content (AvgIpc) is 1.56. The Labute approximate surface area is 80.2 Å². The first-order chi connectivity index (χ1) is 4.65. The summed E-state index contributed by atoms with van der Waals surface area (Å²) >= 11 is 15.9. The van der Waals surface area contributed by atoms with Crippen LogP contribution in [0, 0.1) is 0 Å². The minimum Gasteiger partial charge on any atom is -0.289 e. The smallest absolute Gasteiger partial charge is 0.262 e. The molecule has 0 aromatic heterocycles. The Balaban J connectivity index is 4.39. The van der Waals surface area contributed by atoms with E-state index in [1.54, 1.807) is 0 Å². The van der Waals surface area contributed by atoms with E-state index in [0.717, 1.165) is 0 Å². The van der Waals surface area contributed by atoms with Crippen molar-refractivity contribution in [1.29, 1.82) is 0 Å². The van der Waals surface area contributed by atoms with Gasteiger partial charge in [0.05, 0.1) is 0 Å². The van der Waals surface area contributed by atoms with Gasteiger partial charge < -0.3 is 0 Å². The predicted octanol–water partition coefficient (Wildman–Crippen LogP) is 3.61. The van der Waals surface area contributed by atoms with Crippen LogP contribution in [0.15, 0.2) is 0 Å². The molecule has 0 aromatic rings. The Morgan fingerprint density at radius 1 is 1.18 bits per heavy atom. The summed E-state index contributed by atoms with van der Waals surface area (Å²) in [5.74, 6) is -3.70. The van der Waals surface area contributed by atoms with Crippen LogP contribution in [0.3, 0.4) is 0 Å². The second-order valence-electron chi connectivity index (χ2n) is 2.17. The van der Waals surface area contributed by atoms with Crippen LogP contribution in [0.1, 0.15) is 0 Å². The monoisotopic (exact) mass is 257 g/mol. The number of halogens is 3. The highest BCUT2D eigenvalue weighted by atomic mass is 35.9. The summed E-state index contributed by atoms with van der Waals surface area (Å²) in [6.45, 7) is -3.11. The maximum absolute atomic E-state index is 11.3. The minimum absolute atomic E-state index is 0.363. The van der Waals surface area contributed by atoms with E-state index in [1.165, 1.54) is 18.8 Å². The van der Waals surface area contributed by atoms with Gasteiger partial charge in [-0.05, 0) is 47.8 Å². The average molecular weight is 258 g/mol. The molecule has 3 nitrogen and oxygen atoms in total. The van der Waals surface area contributed by atoms with Crippen LogP contribution in [-0.4, -0.2) is 24.7 Å². The molecule has 0 heterocycles. The van der Waals surface area contributed by atoms with Gasteiger partial charge in [0, 0.05) is 0 Å². The lowest BCUT2D eigenvalue weighted by atomic mass is 11.3. The Hall–Kier alpha value is 1.29. The van der Waals surface area contributed by atoms with Gasteiger partial charge in [-0.3, -0.25) is 9.13 Å². The summed E-state index contributed by atoms with van der Waals surface area (Å²) in [4.78, 5) is 0. The van der Waals surface area contributed by atoms with Gasteiger partial charge in [-0.15, -0.1) is 0 Å².